The highest BCUT2D eigenvalue weighted by Gasteiger charge is 2.31. The molecular formula is C12H20O. The van der Waals surface area contributed by atoms with E-state index in [1.807, 2.05) is 0 Å². The standard InChI is InChI=1S/C12H20O/c13-12-9-5-7-10-6-3-1-2-4-8-11(10)12/h10-11H,1-9H2. The smallest absolute Gasteiger partial charge is 0.136 e. The van der Waals surface area contributed by atoms with Gasteiger partial charge in [-0.05, 0) is 31.6 Å². The molecule has 0 aromatic carbocycles. The Kier molecular flexibility index (Phi) is 3.02. The van der Waals surface area contributed by atoms with Crippen molar-refractivity contribution in [1.82, 2.24) is 0 Å². The predicted octanol–water partition coefficient (Wildman–Crippen LogP) is 3.33. The van der Waals surface area contributed by atoms with Gasteiger partial charge in [0.05, 0.1) is 0 Å². The third kappa shape index (κ3) is 2.12. The topological polar surface area (TPSA) is 17.1 Å². The molecule has 2 saturated carbocycles. The van der Waals surface area contributed by atoms with Gasteiger partial charge in [0.25, 0.3) is 0 Å². The maximum absolute atomic E-state index is 11.7. The van der Waals surface area contributed by atoms with Crippen molar-refractivity contribution >= 4 is 5.78 Å². The highest BCUT2D eigenvalue weighted by Crippen LogP contribution is 2.36. The Hall–Kier alpha value is -0.330. The van der Waals surface area contributed by atoms with E-state index < -0.39 is 0 Å². The number of ketones is 1. The van der Waals surface area contributed by atoms with Crippen LogP contribution < -0.4 is 0 Å². The van der Waals surface area contributed by atoms with Gasteiger partial charge in [0, 0.05) is 12.3 Å². The van der Waals surface area contributed by atoms with Crippen molar-refractivity contribution in [2.45, 2.75) is 57.8 Å². The molecular weight excluding hydrogens is 160 g/mol. The zero-order chi connectivity index (χ0) is 9.10. The molecule has 74 valence electrons. The van der Waals surface area contributed by atoms with E-state index in [9.17, 15) is 4.79 Å². The summed E-state index contributed by atoms with van der Waals surface area (Å²) in [7, 11) is 0. The molecule has 2 rings (SSSR count). The molecule has 0 bridgehead atoms. The molecule has 1 nitrogen and oxygen atoms in total. The quantitative estimate of drug-likeness (QED) is 0.559. The van der Waals surface area contributed by atoms with Crippen molar-refractivity contribution in [3.05, 3.63) is 0 Å². The molecule has 2 fully saturated rings. The predicted molar refractivity (Wildman–Crippen MR) is 53.5 cm³/mol. The lowest BCUT2D eigenvalue weighted by Gasteiger charge is -2.32. The summed E-state index contributed by atoms with van der Waals surface area (Å²) < 4.78 is 0. The molecule has 0 N–H and O–H groups in total. The Morgan fingerprint density at radius 3 is 2.38 bits per heavy atom. The largest absolute Gasteiger partial charge is 0.299 e. The van der Waals surface area contributed by atoms with E-state index in [2.05, 4.69) is 0 Å². The van der Waals surface area contributed by atoms with Gasteiger partial charge in [-0.25, -0.2) is 0 Å². The van der Waals surface area contributed by atoms with Crippen LogP contribution >= 0.6 is 0 Å². The van der Waals surface area contributed by atoms with Crippen LogP contribution in [-0.2, 0) is 4.79 Å². The van der Waals surface area contributed by atoms with Crippen molar-refractivity contribution in [2.75, 3.05) is 0 Å². The second-order valence-corrected chi connectivity index (χ2v) is 4.72. The normalized spacial score (nSPS) is 36.2. The zero-order valence-electron chi connectivity index (χ0n) is 8.43. The van der Waals surface area contributed by atoms with Crippen molar-refractivity contribution < 1.29 is 4.79 Å². The maximum atomic E-state index is 11.7. The van der Waals surface area contributed by atoms with Crippen LogP contribution in [0.1, 0.15) is 57.8 Å². The first-order chi connectivity index (χ1) is 6.38. The minimum Gasteiger partial charge on any atom is -0.299 e. The zero-order valence-corrected chi connectivity index (χ0v) is 8.43. The van der Waals surface area contributed by atoms with Crippen molar-refractivity contribution in [3.8, 4) is 0 Å². The van der Waals surface area contributed by atoms with Gasteiger partial charge in [-0.2, -0.15) is 0 Å². The van der Waals surface area contributed by atoms with Crippen LogP contribution in [0.3, 0.4) is 0 Å². The number of hydrogen-bond donors (Lipinski definition) is 0. The molecule has 0 aliphatic heterocycles. The molecule has 0 heterocycles. The summed E-state index contributed by atoms with van der Waals surface area (Å²) in [6.45, 7) is 0. The molecule has 13 heavy (non-hydrogen) atoms. The molecule has 1 heteroatoms. The SMILES string of the molecule is O=C1CCCC2CCCCCCC12. The molecule has 2 aliphatic rings. The van der Waals surface area contributed by atoms with Crippen molar-refractivity contribution in [1.29, 1.82) is 0 Å². The van der Waals surface area contributed by atoms with Gasteiger partial charge in [-0.1, -0.05) is 25.7 Å². The van der Waals surface area contributed by atoms with Gasteiger partial charge in [0.1, 0.15) is 5.78 Å². The second kappa shape index (κ2) is 4.26. The van der Waals surface area contributed by atoms with Crippen LogP contribution in [0.4, 0.5) is 0 Å². The van der Waals surface area contributed by atoms with E-state index in [4.69, 9.17) is 0 Å². The number of hydrogen-bond acceptors (Lipinski definition) is 1. The summed E-state index contributed by atoms with van der Waals surface area (Å²) in [6, 6.07) is 0. The van der Waals surface area contributed by atoms with Crippen LogP contribution in [0.25, 0.3) is 0 Å². The van der Waals surface area contributed by atoms with Gasteiger partial charge in [0.2, 0.25) is 0 Å². The van der Waals surface area contributed by atoms with Crippen LogP contribution in [0.5, 0.6) is 0 Å². The maximum Gasteiger partial charge on any atom is 0.136 e. The third-order valence-corrected chi connectivity index (χ3v) is 3.82. The Labute approximate surface area is 80.9 Å². The molecule has 0 aromatic heterocycles. The Balaban J connectivity index is 2.00. The molecule has 0 aromatic rings. The fourth-order valence-corrected chi connectivity index (χ4v) is 3.05. The van der Waals surface area contributed by atoms with Gasteiger partial charge in [-0.3, -0.25) is 4.79 Å². The highest BCUT2D eigenvalue weighted by molar-refractivity contribution is 5.81. The molecule has 2 atom stereocenters. The number of carbonyl (C=O) groups excluding carboxylic acids is 1. The van der Waals surface area contributed by atoms with E-state index in [0.717, 1.165) is 12.3 Å². The average molecular weight is 180 g/mol. The van der Waals surface area contributed by atoms with E-state index in [0.29, 0.717) is 11.7 Å². The van der Waals surface area contributed by atoms with Crippen molar-refractivity contribution in [3.63, 3.8) is 0 Å². The lowest BCUT2D eigenvalue weighted by molar-refractivity contribution is -0.127. The third-order valence-electron chi connectivity index (χ3n) is 3.82. The van der Waals surface area contributed by atoms with Gasteiger partial charge < -0.3 is 0 Å². The van der Waals surface area contributed by atoms with E-state index >= 15 is 0 Å². The minimum absolute atomic E-state index is 0.467. The number of carbonyl (C=O) groups is 1. The summed E-state index contributed by atoms with van der Waals surface area (Å²) in [4.78, 5) is 11.7. The van der Waals surface area contributed by atoms with E-state index in [1.54, 1.807) is 0 Å². The van der Waals surface area contributed by atoms with Crippen LogP contribution in [0, 0.1) is 11.8 Å². The van der Waals surface area contributed by atoms with Crippen LogP contribution in [-0.4, -0.2) is 5.78 Å². The summed E-state index contributed by atoms with van der Waals surface area (Å²) in [5.41, 5.74) is 0. The Bertz CT molecular complexity index is 186. The fourth-order valence-electron chi connectivity index (χ4n) is 3.05. The summed E-state index contributed by atoms with van der Waals surface area (Å²) >= 11 is 0. The summed E-state index contributed by atoms with van der Waals surface area (Å²) in [5, 5.41) is 0. The molecule has 0 amide bonds. The number of fused-ring (bicyclic) bond motifs is 1. The van der Waals surface area contributed by atoms with E-state index in [-0.39, 0.29) is 0 Å². The molecule has 0 spiro atoms. The Morgan fingerprint density at radius 2 is 1.54 bits per heavy atom. The molecule has 2 aliphatic carbocycles. The summed E-state index contributed by atoms with van der Waals surface area (Å²) in [5.74, 6) is 1.81. The number of Topliss-reactive ketones (excluding diaryl/α,β-unsaturated/α-hetero) is 1. The second-order valence-electron chi connectivity index (χ2n) is 4.72. The van der Waals surface area contributed by atoms with Gasteiger partial charge in [-0.15, -0.1) is 0 Å². The van der Waals surface area contributed by atoms with Crippen LogP contribution in [0.2, 0.25) is 0 Å². The van der Waals surface area contributed by atoms with Gasteiger partial charge >= 0.3 is 0 Å². The lowest BCUT2D eigenvalue weighted by Crippen LogP contribution is -2.29. The molecule has 0 saturated heterocycles. The average Bonchev–Trinajstić information content (AvgIpc) is 2.07. The first-order valence-corrected chi connectivity index (χ1v) is 5.90. The fraction of sp³-hybridized carbons (Fsp3) is 0.917. The molecule has 0 radical (unpaired) electrons. The van der Waals surface area contributed by atoms with Crippen LogP contribution in [0.15, 0.2) is 0 Å². The lowest BCUT2D eigenvalue weighted by atomic mass is 9.72. The Morgan fingerprint density at radius 1 is 0.846 bits per heavy atom. The first-order valence-electron chi connectivity index (χ1n) is 5.90. The number of rotatable bonds is 0. The monoisotopic (exact) mass is 180 g/mol. The molecule has 2 unspecified atom stereocenters. The van der Waals surface area contributed by atoms with Gasteiger partial charge in [0.15, 0.2) is 0 Å². The first kappa shape index (κ1) is 9.23. The van der Waals surface area contributed by atoms with Crippen molar-refractivity contribution in [2.24, 2.45) is 11.8 Å². The minimum atomic E-state index is 0.467. The van der Waals surface area contributed by atoms with E-state index in [1.165, 1.54) is 51.4 Å². The highest BCUT2D eigenvalue weighted by atomic mass is 16.1. The summed E-state index contributed by atoms with van der Waals surface area (Å²) in [6.07, 6.45) is 11.3.